The van der Waals surface area contributed by atoms with Gasteiger partial charge in [-0.25, -0.2) is 0 Å². The summed E-state index contributed by atoms with van der Waals surface area (Å²) in [6.45, 7) is 1.94. The minimum absolute atomic E-state index is 0.612. The predicted octanol–water partition coefficient (Wildman–Crippen LogP) is 1.98. The number of nitrogens with zero attached hydrogens (tertiary/aromatic N) is 1. The quantitative estimate of drug-likeness (QED) is 0.784. The van der Waals surface area contributed by atoms with E-state index in [1.165, 1.54) is 0 Å². The normalized spacial score (nSPS) is 10.3. The van der Waals surface area contributed by atoms with Crippen LogP contribution < -0.4 is 10.5 Å². The number of nitrogens with two attached hydrogens (primary N) is 1. The molecule has 0 radical (unpaired) electrons. The number of nitrogens with one attached hydrogen (secondary N) is 1. The molecule has 0 fully saturated rings. The highest BCUT2D eigenvalue weighted by Crippen LogP contribution is 2.25. The Morgan fingerprint density at radius 1 is 1.27 bits per heavy atom. The van der Waals surface area contributed by atoms with Gasteiger partial charge in [-0.05, 0) is 31.2 Å². The third-order valence-electron chi connectivity index (χ3n) is 2.41. The number of aromatic nitrogens is 2. The van der Waals surface area contributed by atoms with Crippen LogP contribution in [0.2, 0.25) is 0 Å². The molecule has 1 aromatic carbocycles. The van der Waals surface area contributed by atoms with E-state index in [4.69, 9.17) is 10.5 Å². The van der Waals surface area contributed by atoms with Gasteiger partial charge in [0.25, 0.3) is 0 Å². The molecule has 0 amide bonds. The molecule has 0 aliphatic heterocycles. The zero-order valence-electron chi connectivity index (χ0n) is 8.74. The lowest BCUT2D eigenvalue weighted by Crippen LogP contribution is -1.86. The van der Waals surface area contributed by atoms with Crippen LogP contribution in [0.3, 0.4) is 0 Å². The average Bonchev–Trinajstić information content (AvgIpc) is 2.60. The van der Waals surface area contributed by atoms with E-state index < -0.39 is 0 Å². The van der Waals surface area contributed by atoms with Gasteiger partial charge in [0.15, 0.2) is 0 Å². The van der Waals surface area contributed by atoms with Crippen molar-refractivity contribution in [2.75, 3.05) is 12.8 Å². The summed E-state index contributed by atoms with van der Waals surface area (Å²) in [6.07, 6.45) is 0. The van der Waals surface area contributed by atoms with Crippen molar-refractivity contribution in [1.29, 1.82) is 0 Å². The number of anilines is 1. The summed E-state index contributed by atoms with van der Waals surface area (Å²) in [7, 11) is 1.65. The Kier molecular flexibility index (Phi) is 2.33. The fourth-order valence-corrected chi connectivity index (χ4v) is 1.44. The lowest BCUT2D eigenvalue weighted by atomic mass is 10.1. The van der Waals surface area contributed by atoms with Crippen LogP contribution in [0.25, 0.3) is 11.3 Å². The van der Waals surface area contributed by atoms with Crippen LogP contribution in [0.5, 0.6) is 5.75 Å². The van der Waals surface area contributed by atoms with E-state index in [0.717, 1.165) is 22.6 Å². The summed E-state index contributed by atoms with van der Waals surface area (Å²) < 4.78 is 5.09. The highest BCUT2D eigenvalue weighted by Gasteiger charge is 2.08. The van der Waals surface area contributed by atoms with E-state index in [9.17, 15) is 0 Å². The standard InChI is InChI=1S/C11H13N3O/c1-7-10(13-14-11(7)12)8-3-5-9(15-2)6-4-8/h3-6H,1-2H3,(H3,12,13,14). The van der Waals surface area contributed by atoms with E-state index >= 15 is 0 Å². The van der Waals surface area contributed by atoms with Crippen LogP contribution in [0.1, 0.15) is 5.56 Å². The maximum Gasteiger partial charge on any atom is 0.122 e. The first-order chi connectivity index (χ1) is 7.22. The lowest BCUT2D eigenvalue weighted by molar-refractivity contribution is 0.415. The second-order valence-electron chi connectivity index (χ2n) is 3.34. The summed E-state index contributed by atoms with van der Waals surface area (Å²) in [6, 6.07) is 7.72. The number of ether oxygens (including phenoxy) is 1. The molecular weight excluding hydrogens is 190 g/mol. The van der Waals surface area contributed by atoms with E-state index in [1.807, 2.05) is 31.2 Å². The molecule has 0 spiro atoms. The van der Waals surface area contributed by atoms with Crippen LogP contribution in [-0.2, 0) is 0 Å². The number of hydrogen-bond donors (Lipinski definition) is 2. The largest absolute Gasteiger partial charge is 0.497 e. The van der Waals surface area contributed by atoms with Crippen LogP contribution in [0, 0.1) is 6.92 Å². The molecule has 4 heteroatoms. The van der Waals surface area contributed by atoms with Gasteiger partial charge in [-0.3, -0.25) is 5.10 Å². The van der Waals surface area contributed by atoms with Crippen molar-refractivity contribution < 1.29 is 4.74 Å². The molecule has 0 bridgehead atoms. The molecule has 4 nitrogen and oxygen atoms in total. The number of methoxy groups -OCH3 is 1. The van der Waals surface area contributed by atoms with E-state index in [2.05, 4.69) is 10.2 Å². The van der Waals surface area contributed by atoms with E-state index in [-0.39, 0.29) is 0 Å². The summed E-state index contributed by atoms with van der Waals surface area (Å²) in [4.78, 5) is 0. The van der Waals surface area contributed by atoms with E-state index in [1.54, 1.807) is 7.11 Å². The van der Waals surface area contributed by atoms with Gasteiger partial charge >= 0.3 is 0 Å². The molecule has 15 heavy (non-hydrogen) atoms. The van der Waals surface area contributed by atoms with Crippen LogP contribution in [0.4, 0.5) is 5.82 Å². The van der Waals surface area contributed by atoms with Crippen molar-refractivity contribution in [1.82, 2.24) is 10.2 Å². The van der Waals surface area contributed by atoms with Crippen molar-refractivity contribution in [2.45, 2.75) is 6.92 Å². The Labute approximate surface area is 88.1 Å². The average molecular weight is 203 g/mol. The molecule has 78 valence electrons. The van der Waals surface area contributed by atoms with Crippen LogP contribution in [-0.4, -0.2) is 17.3 Å². The number of nitrogen functional groups attached to an aromatic ring is 1. The van der Waals surface area contributed by atoms with Crippen molar-refractivity contribution >= 4 is 5.82 Å². The van der Waals surface area contributed by atoms with Crippen molar-refractivity contribution in [3.05, 3.63) is 29.8 Å². The minimum Gasteiger partial charge on any atom is -0.497 e. The van der Waals surface area contributed by atoms with Gasteiger partial charge in [-0.15, -0.1) is 0 Å². The fraction of sp³-hybridized carbons (Fsp3) is 0.182. The van der Waals surface area contributed by atoms with Crippen molar-refractivity contribution in [3.63, 3.8) is 0 Å². The van der Waals surface area contributed by atoms with Crippen molar-refractivity contribution in [2.24, 2.45) is 0 Å². The number of H-pyrrole nitrogens is 1. The first kappa shape index (κ1) is 9.58. The van der Waals surface area contributed by atoms with Crippen molar-refractivity contribution in [3.8, 4) is 17.0 Å². The molecule has 0 atom stereocenters. The molecular formula is C11H13N3O. The van der Waals surface area contributed by atoms with Crippen LogP contribution in [0.15, 0.2) is 24.3 Å². The highest BCUT2D eigenvalue weighted by molar-refractivity contribution is 5.67. The summed E-state index contributed by atoms with van der Waals surface area (Å²) in [5.41, 5.74) is 8.58. The third-order valence-corrected chi connectivity index (χ3v) is 2.41. The Hall–Kier alpha value is -1.97. The SMILES string of the molecule is COc1ccc(-c2n[nH]c(N)c2C)cc1. The van der Waals surface area contributed by atoms with Crippen LogP contribution >= 0.6 is 0 Å². The minimum atomic E-state index is 0.612. The molecule has 1 aromatic heterocycles. The molecule has 0 aliphatic rings. The molecule has 0 unspecified atom stereocenters. The molecule has 0 saturated carbocycles. The second-order valence-corrected chi connectivity index (χ2v) is 3.34. The van der Waals surface area contributed by atoms with Gasteiger partial charge in [-0.1, -0.05) is 0 Å². The fourth-order valence-electron chi connectivity index (χ4n) is 1.44. The summed E-state index contributed by atoms with van der Waals surface area (Å²) >= 11 is 0. The van der Waals surface area contributed by atoms with Gasteiger partial charge in [0, 0.05) is 11.1 Å². The maximum absolute atomic E-state index is 5.69. The monoisotopic (exact) mass is 203 g/mol. The predicted molar refractivity (Wildman–Crippen MR) is 59.7 cm³/mol. The number of hydrogen-bond acceptors (Lipinski definition) is 3. The molecule has 0 aliphatic carbocycles. The molecule has 0 saturated heterocycles. The second kappa shape index (κ2) is 3.65. The topological polar surface area (TPSA) is 63.9 Å². The number of benzene rings is 1. The first-order valence-electron chi connectivity index (χ1n) is 4.67. The Morgan fingerprint density at radius 2 is 1.93 bits per heavy atom. The van der Waals surface area contributed by atoms with E-state index in [0.29, 0.717) is 5.82 Å². The highest BCUT2D eigenvalue weighted by atomic mass is 16.5. The molecule has 2 rings (SSSR count). The summed E-state index contributed by atoms with van der Waals surface area (Å²) in [5.74, 6) is 1.45. The molecule has 2 aromatic rings. The Morgan fingerprint density at radius 3 is 2.40 bits per heavy atom. The van der Waals surface area contributed by atoms with Gasteiger partial charge < -0.3 is 10.5 Å². The van der Waals surface area contributed by atoms with Gasteiger partial charge in [0.05, 0.1) is 12.8 Å². The Bertz CT molecular complexity index is 459. The maximum atomic E-state index is 5.69. The summed E-state index contributed by atoms with van der Waals surface area (Å²) in [5, 5.41) is 6.91. The molecule has 3 N–H and O–H groups in total. The Balaban J connectivity index is 2.41. The smallest absolute Gasteiger partial charge is 0.122 e. The third kappa shape index (κ3) is 1.66. The van der Waals surface area contributed by atoms with Gasteiger partial charge in [0.1, 0.15) is 11.6 Å². The molecule has 1 heterocycles. The first-order valence-corrected chi connectivity index (χ1v) is 4.67. The number of rotatable bonds is 2. The lowest BCUT2D eigenvalue weighted by Gasteiger charge is -2.01. The zero-order valence-corrected chi connectivity index (χ0v) is 8.74. The zero-order chi connectivity index (χ0) is 10.8. The van der Waals surface area contributed by atoms with Gasteiger partial charge in [0.2, 0.25) is 0 Å². The van der Waals surface area contributed by atoms with Gasteiger partial charge in [-0.2, -0.15) is 5.10 Å². The number of aromatic amines is 1.